The van der Waals surface area contributed by atoms with Crippen molar-refractivity contribution in [1.29, 1.82) is 10.5 Å². The van der Waals surface area contributed by atoms with Gasteiger partial charge in [-0.2, -0.15) is 20.8 Å². The number of hydrogen-bond donors (Lipinski definition) is 0. The second-order valence-electron chi connectivity index (χ2n) is 10.6. The van der Waals surface area contributed by atoms with Gasteiger partial charge in [0.25, 0.3) is 0 Å². The van der Waals surface area contributed by atoms with Crippen molar-refractivity contribution in [2.45, 2.75) is 13.8 Å². The Morgan fingerprint density at radius 1 is 0.500 bits per heavy atom. The molecular weight excluding hydrogens is 887 g/mol. The van der Waals surface area contributed by atoms with Crippen LogP contribution in [-0.4, -0.2) is 62.9 Å². The molecule has 0 radical (unpaired) electrons. The molecule has 4 aromatic rings. The van der Waals surface area contributed by atoms with E-state index in [2.05, 4.69) is 38.4 Å². The maximum absolute atomic E-state index is 11.5. The Morgan fingerprint density at radius 2 is 0.700 bits per heavy atom. The zero-order valence-electron chi connectivity index (χ0n) is 32.3. The minimum Gasteiger partial charge on any atom is -0.724 e. The molecule has 2 atom stereocenters. The first-order valence-electron chi connectivity index (χ1n) is 15.9. The Kier molecular flexibility index (Phi) is 32.2. The van der Waals surface area contributed by atoms with Crippen molar-refractivity contribution in [3.05, 3.63) is 144 Å². The van der Waals surface area contributed by atoms with E-state index >= 15 is 0 Å². The van der Waals surface area contributed by atoms with E-state index in [1.54, 1.807) is 135 Å². The van der Waals surface area contributed by atoms with Gasteiger partial charge < -0.3 is 9.11 Å². The molecule has 0 saturated heterocycles. The van der Waals surface area contributed by atoms with Gasteiger partial charge in [-0.3, -0.25) is 0 Å². The Labute approximate surface area is 430 Å². The molecule has 0 heterocycles. The van der Waals surface area contributed by atoms with E-state index in [0.29, 0.717) is 35.3 Å². The number of nitriles is 2. The average molecular weight is 919 g/mol. The number of hydrogen-bond acceptors (Lipinski definition) is 20. The van der Waals surface area contributed by atoms with E-state index in [-0.39, 0.29) is 115 Å². The molecule has 0 bridgehead atoms. The summed E-state index contributed by atoms with van der Waals surface area (Å²) in [6, 6.07) is 37.2. The van der Waals surface area contributed by atoms with E-state index in [4.69, 9.17) is 10.5 Å². The third-order valence-electron chi connectivity index (χ3n) is 5.87. The van der Waals surface area contributed by atoms with E-state index in [1.807, 2.05) is 12.1 Å². The van der Waals surface area contributed by atoms with Crippen LogP contribution < -0.4 is 103 Å². The van der Waals surface area contributed by atoms with Crippen molar-refractivity contribution < 1.29 is 176 Å². The summed E-state index contributed by atoms with van der Waals surface area (Å²) in [6.07, 6.45) is 0. The van der Waals surface area contributed by atoms with Gasteiger partial charge in [0.1, 0.15) is 0 Å². The molecule has 0 aliphatic carbocycles. The average Bonchev–Trinajstić information content (AvgIpc) is 3.23. The van der Waals surface area contributed by atoms with Gasteiger partial charge in [-0.15, -0.1) is 8.67 Å². The molecule has 2 unspecified atom stereocenters. The first kappa shape index (κ1) is 58.4. The number of rotatable bonds is 11. The Balaban J connectivity index is 0. The van der Waals surface area contributed by atoms with E-state index in [1.165, 1.54) is 0 Å². The standard InChI is InChI=1S/2C14H10O4.C8H12N4.2K.H2O8S2/c2*15-13(11-7-3-1-4-8-11)17-18-14(16)12-9-5-2-6-10-12;1-7(3-9)5-11-12-6-8(2)4-10;;;1-9(2,3)7-8-10(4,5)6/h2*1-10H;7-8H,5-6H2,1-2H3;;;(H,1,2,3)(H,4,5,6)/q;;;2*+1;/p-2. The topological polar surface area (TPSA) is 310 Å². The summed E-state index contributed by atoms with van der Waals surface area (Å²) in [6.45, 7) is 4.42. The number of nitrogens with zero attached hydrogens (tertiary/aromatic N) is 4. The molecule has 0 N–H and O–H groups in total. The number of benzene rings is 4. The Morgan fingerprint density at radius 3 is 0.867 bits per heavy atom. The van der Waals surface area contributed by atoms with Crippen LogP contribution in [0.1, 0.15) is 55.3 Å². The van der Waals surface area contributed by atoms with Crippen LogP contribution in [0.25, 0.3) is 0 Å². The van der Waals surface area contributed by atoms with Crippen molar-refractivity contribution in [1.82, 2.24) is 0 Å². The number of azo groups is 1. The zero-order valence-corrected chi connectivity index (χ0v) is 40.1. The minimum atomic E-state index is -5.31. The van der Waals surface area contributed by atoms with Crippen molar-refractivity contribution in [3.63, 3.8) is 0 Å². The molecule has 0 saturated carbocycles. The van der Waals surface area contributed by atoms with Gasteiger partial charge in [-0.25, -0.2) is 55.6 Å². The van der Waals surface area contributed by atoms with Gasteiger partial charge in [0.2, 0.25) is 20.8 Å². The van der Waals surface area contributed by atoms with Gasteiger partial charge in [0.05, 0.1) is 59.3 Å². The Hall–Kier alpha value is -3.65. The monoisotopic (exact) mass is 918 g/mol. The molecule has 0 fully saturated rings. The third kappa shape index (κ3) is 29.6. The van der Waals surface area contributed by atoms with Gasteiger partial charge in [-0.05, 0) is 62.4 Å². The van der Waals surface area contributed by atoms with Crippen LogP contribution in [0, 0.1) is 34.5 Å². The smallest absolute Gasteiger partial charge is 0.724 e. The summed E-state index contributed by atoms with van der Waals surface area (Å²) in [7, 11) is -10.6. The molecule has 60 heavy (non-hydrogen) atoms. The summed E-state index contributed by atoms with van der Waals surface area (Å²) < 4.78 is 61.5. The summed E-state index contributed by atoms with van der Waals surface area (Å²) in [5.41, 5.74) is 1.27. The fourth-order valence-electron chi connectivity index (χ4n) is 3.15. The molecule has 306 valence electrons. The van der Waals surface area contributed by atoms with E-state index < -0.39 is 44.7 Å². The van der Waals surface area contributed by atoms with E-state index in [9.17, 15) is 45.1 Å². The van der Waals surface area contributed by atoms with Crippen LogP contribution in [0.4, 0.5) is 0 Å². The van der Waals surface area contributed by atoms with Crippen LogP contribution in [0.3, 0.4) is 0 Å². The van der Waals surface area contributed by atoms with Crippen molar-refractivity contribution in [2.75, 3.05) is 13.1 Å². The summed E-state index contributed by atoms with van der Waals surface area (Å²) in [5, 5.41) is 24.3. The molecule has 0 spiro atoms. The third-order valence-corrected chi connectivity index (χ3v) is 6.43. The Bertz CT molecular complexity index is 1970. The molecule has 20 nitrogen and oxygen atoms in total. The van der Waals surface area contributed by atoms with Crippen LogP contribution in [0.5, 0.6) is 0 Å². The van der Waals surface area contributed by atoms with Crippen LogP contribution in [-0.2, 0) is 49.0 Å². The molecule has 4 aromatic carbocycles. The first-order valence-corrected chi connectivity index (χ1v) is 18.6. The van der Waals surface area contributed by atoms with Crippen molar-refractivity contribution >= 4 is 44.7 Å². The molecule has 4 rings (SSSR count). The maximum atomic E-state index is 11.5. The summed E-state index contributed by atoms with van der Waals surface area (Å²) >= 11 is 0. The summed E-state index contributed by atoms with van der Waals surface area (Å²) in [4.78, 5) is 63.7. The molecule has 0 amide bonds. The number of carbonyl (C=O) groups excluding carboxylic acids is 4. The van der Waals surface area contributed by atoms with Crippen molar-refractivity contribution in [3.8, 4) is 12.1 Å². The van der Waals surface area contributed by atoms with Crippen LogP contribution in [0.15, 0.2) is 132 Å². The van der Waals surface area contributed by atoms with Gasteiger partial charge in [-0.1, -0.05) is 72.8 Å². The van der Waals surface area contributed by atoms with Gasteiger partial charge in [0.15, 0.2) is 0 Å². The molecule has 0 aromatic heterocycles. The van der Waals surface area contributed by atoms with Gasteiger partial charge in [0, 0.05) is 0 Å². The van der Waals surface area contributed by atoms with Crippen molar-refractivity contribution in [2.24, 2.45) is 22.1 Å². The fraction of sp³-hybridized carbons (Fsp3) is 0.167. The molecule has 24 heteroatoms. The summed E-state index contributed by atoms with van der Waals surface area (Å²) in [5.74, 6) is -3.02. The maximum Gasteiger partial charge on any atom is 1.00 e. The SMILES string of the molecule is CC(C#N)CN=NCC(C)C#N.O=C(OOC(=O)c1ccccc1)c1ccccc1.O=C(OOC(=O)c1ccccc1)c1ccccc1.O=S(=O)([O-])OOS(=O)(=O)[O-].[K+].[K+]. The minimum absolute atomic E-state index is 0. The molecular formula is C36H32K2N4O16S2. The van der Waals surface area contributed by atoms with Gasteiger partial charge >= 0.3 is 127 Å². The second kappa shape index (κ2) is 33.0. The molecule has 0 aliphatic heterocycles. The normalized spacial score (nSPS) is 11.0. The number of carbonyl (C=O) groups is 4. The quantitative estimate of drug-likeness (QED) is 0.0428. The predicted molar refractivity (Wildman–Crippen MR) is 193 cm³/mol. The van der Waals surface area contributed by atoms with Crippen LogP contribution in [0.2, 0.25) is 0 Å². The largest absolute Gasteiger partial charge is 1.00 e. The predicted octanol–water partition coefficient (Wildman–Crippen LogP) is -1.15. The first-order chi connectivity index (χ1) is 27.5. The zero-order chi connectivity index (χ0) is 43.4. The van der Waals surface area contributed by atoms with E-state index in [0.717, 1.165) is 0 Å². The fourth-order valence-corrected chi connectivity index (χ4v) is 3.70. The van der Waals surface area contributed by atoms with Crippen LogP contribution >= 0.6 is 0 Å². The molecule has 0 aliphatic rings. The second-order valence-corrected chi connectivity index (χ2v) is 12.5.